The van der Waals surface area contributed by atoms with E-state index in [4.69, 9.17) is 0 Å². The molecule has 0 aliphatic carbocycles. The van der Waals surface area contributed by atoms with Crippen molar-refractivity contribution in [2.45, 2.75) is 32.7 Å². The second-order valence-electron chi connectivity index (χ2n) is 6.04. The van der Waals surface area contributed by atoms with E-state index in [1.54, 1.807) is 4.90 Å². The first-order valence-corrected chi connectivity index (χ1v) is 9.56. The third kappa shape index (κ3) is 3.39. The quantitative estimate of drug-likeness (QED) is 0.822. The fourth-order valence-electron chi connectivity index (χ4n) is 3.14. The predicted molar refractivity (Wildman–Crippen MR) is 101 cm³/mol. The van der Waals surface area contributed by atoms with Gasteiger partial charge in [-0.3, -0.25) is 9.59 Å². The largest absolute Gasteiger partial charge is 0.326 e. The monoisotopic (exact) mass is 406 g/mol. The Labute approximate surface area is 154 Å². The van der Waals surface area contributed by atoms with E-state index in [-0.39, 0.29) is 11.8 Å². The van der Waals surface area contributed by atoms with E-state index in [9.17, 15) is 9.59 Å². The van der Waals surface area contributed by atoms with E-state index in [0.29, 0.717) is 17.8 Å². The van der Waals surface area contributed by atoms with Gasteiger partial charge in [-0.15, -0.1) is 11.3 Å². The Morgan fingerprint density at radius 1 is 1.29 bits per heavy atom. The molecule has 1 aliphatic rings. The van der Waals surface area contributed by atoms with Crippen LogP contribution in [0.15, 0.2) is 34.1 Å². The van der Waals surface area contributed by atoms with Gasteiger partial charge < -0.3 is 10.2 Å². The minimum absolute atomic E-state index is 0.0492. The Morgan fingerprint density at radius 2 is 2.00 bits per heavy atom. The first kappa shape index (κ1) is 17.2. The number of rotatable bonds is 3. The molecule has 0 spiro atoms. The van der Waals surface area contributed by atoms with Gasteiger partial charge in [-0.2, -0.15) is 0 Å². The Morgan fingerprint density at radius 3 is 2.62 bits per heavy atom. The number of amides is 2. The molecule has 24 heavy (non-hydrogen) atoms. The molecule has 1 N–H and O–H groups in total. The lowest BCUT2D eigenvalue weighted by molar-refractivity contribution is -0.119. The molecular formula is C18H19BrN2O2S. The number of halogens is 1. The number of likely N-dealkylation sites (tertiary alicyclic amines) is 1. The SMILES string of the molecule is Cc1cc(Br)cc(C)c1NC(=O)C1CCCN1C(=O)c1cccs1. The summed E-state index contributed by atoms with van der Waals surface area (Å²) in [5.74, 6) is -0.155. The summed E-state index contributed by atoms with van der Waals surface area (Å²) >= 11 is 4.88. The number of aryl methyl sites for hydroxylation is 2. The lowest BCUT2D eigenvalue weighted by Gasteiger charge is -2.24. The van der Waals surface area contributed by atoms with Crippen LogP contribution in [0, 0.1) is 13.8 Å². The van der Waals surface area contributed by atoms with Gasteiger partial charge >= 0.3 is 0 Å². The molecule has 1 aliphatic heterocycles. The Kier molecular flexibility index (Phi) is 5.06. The highest BCUT2D eigenvalue weighted by molar-refractivity contribution is 9.10. The van der Waals surface area contributed by atoms with Crippen LogP contribution in [0.4, 0.5) is 5.69 Å². The first-order chi connectivity index (χ1) is 11.5. The lowest BCUT2D eigenvalue weighted by atomic mass is 10.1. The molecule has 6 heteroatoms. The van der Waals surface area contributed by atoms with Crippen LogP contribution in [-0.4, -0.2) is 29.3 Å². The number of carbonyl (C=O) groups excluding carboxylic acids is 2. The summed E-state index contributed by atoms with van der Waals surface area (Å²) in [7, 11) is 0. The maximum atomic E-state index is 12.8. The van der Waals surface area contributed by atoms with Crippen molar-refractivity contribution >= 4 is 44.8 Å². The normalized spacial score (nSPS) is 17.1. The van der Waals surface area contributed by atoms with Gasteiger partial charge in [0.25, 0.3) is 5.91 Å². The molecular weight excluding hydrogens is 388 g/mol. The van der Waals surface area contributed by atoms with E-state index in [0.717, 1.165) is 27.7 Å². The molecule has 0 saturated carbocycles. The standard InChI is InChI=1S/C18H19BrN2O2S/c1-11-9-13(19)10-12(2)16(11)20-17(22)14-5-3-7-21(14)18(23)15-6-4-8-24-15/h4,6,8-10,14H,3,5,7H2,1-2H3,(H,20,22). The van der Waals surface area contributed by atoms with E-state index >= 15 is 0 Å². The van der Waals surface area contributed by atoms with Crippen molar-refractivity contribution < 1.29 is 9.59 Å². The zero-order valence-electron chi connectivity index (χ0n) is 13.6. The topological polar surface area (TPSA) is 49.4 Å². The summed E-state index contributed by atoms with van der Waals surface area (Å²) in [6.07, 6.45) is 1.56. The van der Waals surface area contributed by atoms with Crippen LogP contribution in [0.3, 0.4) is 0 Å². The number of nitrogens with one attached hydrogen (secondary N) is 1. The van der Waals surface area contributed by atoms with Crippen molar-refractivity contribution in [1.82, 2.24) is 4.90 Å². The van der Waals surface area contributed by atoms with Crippen molar-refractivity contribution in [2.75, 3.05) is 11.9 Å². The van der Waals surface area contributed by atoms with Gasteiger partial charge in [0, 0.05) is 16.7 Å². The van der Waals surface area contributed by atoms with Gasteiger partial charge in [0.2, 0.25) is 5.91 Å². The van der Waals surface area contributed by atoms with Crippen LogP contribution in [0.25, 0.3) is 0 Å². The summed E-state index contributed by atoms with van der Waals surface area (Å²) in [6.45, 7) is 4.57. The van der Waals surface area contributed by atoms with Crippen LogP contribution in [0.1, 0.15) is 33.6 Å². The smallest absolute Gasteiger partial charge is 0.264 e. The molecule has 1 atom stereocenters. The molecule has 0 radical (unpaired) electrons. The van der Waals surface area contributed by atoms with Crippen molar-refractivity contribution in [3.8, 4) is 0 Å². The number of benzene rings is 1. The van der Waals surface area contributed by atoms with Gasteiger partial charge in [-0.25, -0.2) is 0 Å². The minimum atomic E-state index is -0.401. The second-order valence-corrected chi connectivity index (χ2v) is 7.90. The molecule has 0 bridgehead atoms. The molecule has 2 amide bonds. The van der Waals surface area contributed by atoms with Gasteiger partial charge in [0.05, 0.1) is 4.88 Å². The molecule has 4 nitrogen and oxygen atoms in total. The van der Waals surface area contributed by atoms with Crippen molar-refractivity contribution in [2.24, 2.45) is 0 Å². The van der Waals surface area contributed by atoms with E-state index in [1.807, 2.05) is 43.5 Å². The summed E-state index contributed by atoms with van der Waals surface area (Å²) < 4.78 is 0.992. The highest BCUT2D eigenvalue weighted by Gasteiger charge is 2.35. The summed E-state index contributed by atoms with van der Waals surface area (Å²) in [5.41, 5.74) is 2.84. The van der Waals surface area contributed by atoms with E-state index in [2.05, 4.69) is 21.2 Å². The maximum absolute atomic E-state index is 12.8. The average molecular weight is 407 g/mol. The van der Waals surface area contributed by atoms with Crippen molar-refractivity contribution in [1.29, 1.82) is 0 Å². The Bertz CT molecular complexity index is 750. The van der Waals surface area contributed by atoms with Crippen LogP contribution in [0.5, 0.6) is 0 Å². The molecule has 2 aromatic rings. The molecule has 1 fully saturated rings. The molecule has 3 rings (SSSR count). The molecule has 2 heterocycles. The zero-order valence-corrected chi connectivity index (χ0v) is 16.0. The summed E-state index contributed by atoms with van der Waals surface area (Å²) in [6, 6.07) is 7.22. The minimum Gasteiger partial charge on any atom is -0.326 e. The Balaban J connectivity index is 1.78. The zero-order chi connectivity index (χ0) is 17.3. The summed E-state index contributed by atoms with van der Waals surface area (Å²) in [4.78, 5) is 27.8. The number of hydrogen-bond acceptors (Lipinski definition) is 3. The van der Waals surface area contributed by atoms with Gasteiger partial charge in [0.15, 0.2) is 0 Å². The molecule has 1 aromatic heterocycles. The highest BCUT2D eigenvalue weighted by atomic mass is 79.9. The fraction of sp³-hybridized carbons (Fsp3) is 0.333. The van der Waals surface area contributed by atoms with Crippen LogP contribution in [-0.2, 0) is 4.79 Å². The third-order valence-corrected chi connectivity index (χ3v) is 5.61. The number of carbonyl (C=O) groups is 2. The third-order valence-electron chi connectivity index (χ3n) is 4.29. The molecule has 1 aromatic carbocycles. The number of thiophene rings is 1. The molecule has 1 unspecified atom stereocenters. The van der Waals surface area contributed by atoms with Crippen molar-refractivity contribution in [3.05, 3.63) is 50.1 Å². The number of anilines is 1. The fourth-order valence-corrected chi connectivity index (χ4v) is 4.50. The number of nitrogens with zero attached hydrogens (tertiary/aromatic N) is 1. The Hall–Kier alpha value is -1.66. The van der Waals surface area contributed by atoms with E-state index < -0.39 is 6.04 Å². The second kappa shape index (κ2) is 7.07. The molecule has 126 valence electrons. The van der Waals surface area contributed by atoms with Crippen LogP contribution < -0.4 is 5.32 Å². The average Bonchev–Trinajstić information content (AvgIpc) is 3.20. The van der Waals surface area contributed by atoms with E-state index in [1.165, 1.54) is 11.3 Å². The number of hydrogen-bond donors (Lipinski definition) is 1. The highest BCUT2D eigenvalue weighted by Crippen LogP contribution is 2.27. The van der Waals surface area contributed by atoms with Crippen molar-refractivity contribution in [3.63, 3.8) is 0 Å². The first-order valence-electron chi connectivity index (χ1n) is 7.89. The molecule has 1 saturated heterocycles. The van der Waals surface area contributed by atoms with Crippen LogP contribution >= 0.6 is 27.3 Å². The van der Waals surface area contributed by atoms with Gasteiger partial charge in [-0.05, 0) is 61.4 Å². The summed E-state index contributed by atoms with van der Waals surface area (Å²) in [5, 5.41) is 4.91. The van der Waals surface area contributed by atoms with Gasteiger partial charge in [0.1, 0.15) is 6.04 Å². The van der Waals surface area contributed by atoms with Gasteiger partial charge in [-0.1, -0.05) is 22.0 Å². The maximum Gasteiger partial charge on any atom is 0.264 e. The predicted octanol–water partition coefficient (Wildman–Crippen LogP) is 4.37. The van der Waals surface area contributed by atoms with Crippen LogP contribution in [0.2, 0.25) is 0 Å². The lowest BCUT2D eigenvalue weighted by Crippen LogP contribution is -2.43.